The van der Waals surface area contributed by atoms with Gasteiger partial charge in [-0.1, -0.05) is 90.7 Å². The van der Waals surface area contributed by atoms with E-state index in [1.165, 1.54) is 22.3 Å². The van der Waals surface area contributed by atoms with Gasteiger partial charge >= 0.3 is 0 Å². The van der Waals surface area contributed by atoms with E-state index in [0.29, 0.717) is 0 Å². The summed E-state index contributed by atoms with van der Waals surface area (Å²) in [7, 11) is 1.80. The van der Waals surface area contributed by atoms with E-state index in [2.05, 4.69) is 103 Å². The normalized spacial score (nSPS) is 19.0. The van der Waals surface area contributed by atoms with Crippen molar-refractivity contribution in [2.45, 2.75) is 70.1 Å². The van der Waals surface area contributed by atoms with Gasteiger partial charge in [-0.15, -0.1) is 0 Å². The van der Waals surface area contributed by atoms with E-state index >= 15 is 0 Å². The summed E-state index contributed by atoms with van der Waals surface area (Å²) in [5.41, 5.74) is 4.94. The number of ether oxygens (including phenoxy) is 2. The molecule has 0 aromatic heterocycles. The molecule has 0 saturated heterocycles. The highest BCUT2D eigenvalue weighted by Crippen LogP contribution is 2.57. The van der Waals surface area contributed by atoms with Gasteiger partial charge in [-0.3, -0.25) is 0 Å². The quantitative estimate of drug-likeness (QED) is 0.478. The lowest BCUT2D eigenvalue weighted by Gasteiger charge is -2.52. The molecule has 0 aliphatic heterocycles. The number of rotatable bonds is 5. The fourth-order valence-corrected chi connectivity index (χ4v) is 9.25. The maximum atomic E-state index is 6.13. The predicted octanol–water partition coefficient (Wildman–Crippen LogP) is 7.12. The van der Waals surface area contributed by atoms with Gasteiger partial charge < -0.3 is 9.47 Å². The first-order valence-corrected chi connectivity index (χ1v) is 14.4. The van der Waals surface area contributed by atoms with E-state index in [0.717, 1.165) is 11.5 Å². The van der Waals surface area contributed by atoms with Crippen LogP contribution in [0.25, 0.3) is 6.08 Å². The first-order chi connectivity index (χ1) is 13.8. The first-order valence-electron chi connectivity index (χ1n) is 10.9. The standard InChI is InChI=1S/C27H38O2Si/c1-25(2,3)22-17-20(28-6)18-23(24(22)29-7)26(4,5)27(30(8,9)10)16-15-19-13-11-12-14-21(19)27/h11-18H,1-10H3. The summed E-state index contributed by atoms with van der Waals surface area (Å²) in [6.07, 6.45) is 4.81. The van der Waals surface area contributed by atoms with Crippen LogP contribution < -0.4 is 9.47 Å². The van der Waals surface area contributed by atoms with Crippen LogP contribution in [0.4, 0.5) is 0 Å². The zero-order valence-corrected chi connectivity index (χ0v) is 21.4. The highest BCUT2D eigenvalue weighted by Gasteiger charge is 2.57. The summed E-state index contributed by atoms with van der Waals surface area (Å²) in [6, 6.07) is 13.2. The molecule has 0 bridgehead atoms. The Morgan fingerprint density at radius 1 is 0.833 bits per heavy atom. The molecule has 0 amide bonds. The Kier molecular flexibility index (Phi) is 5.52. The monoisotopic (exact) mass is 422 g/mol. The van der Waals surface area contributed by atoms with Crippen molar-refractivity contribution in [2.24, 2.45) is 0 Å². The highest BCUT2D eigenvalue weighted by atomic mass is 28.3. The van der Waals surface area contributed by atoms with Gasteiger partial charge in [0.15, 0.2) is 0 Å². The van der Waals surface area contributed by atoms with E-state index in [1.54, 1.807) is 14.2 Å². The van der Waals surface area contributed by atoms with Crippen LogP contribution in [0, 0.1) is 0 Å². The van der Waals surface area contributed by atoms with Crippen molar-refractivity contribution < 1.29 is 9.47 Å². The molecule has 2 aromatic carbocycles. The maximum Gasteiger partial charge on any atom is 0.126 e. The van der Waals surface area contributed by atoms with E-state index < -0.39 is 8.07 Å². The number of hydrogen-bond acceptors (Lipinski definition) is 2. The minimum atomic E-state index is -1.75. The Balaban J connectivity index is 2.41. The molecule has 1 aliphatic carbocycles. The van der Waals surface area contributed by atoms with Crippen molar-refractivity contribution in [1.82, 2.24) is 0 Å². The second kappa shape index (κ2) is 7.30. The molecule has 162 valence electrons. The van der Waals surface area contributed by atoms with Crippen LogP contribution in [0.3, 0.4) is 0 Å². The third kappa shape index (κ3) is 3.22. The van der Waals surface area contributed by atoms with Crippen molar-refractivity contribution >= 4 is 14.1 Å². The highest BCUT2D eigenvalue weighted by molar-refractivity contribution is 6.80. The third-order valence-corrected chi connectivity index (χ3v) is 10.5. The zero-order valence-electron chi connectivity index (χ0n) is 20.4. The van der Waals surface area contributed by atoms with Crippen molar-refractivity contribution in [3.8, 4) is 11.5 Å². The molecule has 1 atom stereocenters. The second-order valence-corrected chi connectivity index (χ2v) is 16.4. The molecule has 3 rings (SSSR count). The van der Waals surface area contributed by atoms with Crippen LogP contribution in [-0.2, 0) is 15.9 Å². The molecule has 2 nitrogen and oxygen atoms in total. The van der Waals surface area contributed by atoms with Crippen molar-refractivity contribution in [2.75, 3.05) is 14.2 Å². The molecule has 30 heavy (non-hydrogen) atoms. The van der Waals surface area contributed by atoms with E-state index in [-0.39, 0.29) is 15.9 Å². The van der Waals surface area contributed by atoms with Gasteiger partial charge in [-0.25, -0.2) is 0 Å². The summed E-state index contributed by atoms with van der Waals surface area (Å²) < 4.78 is 11.9. The van der Waals surface area contributed by atoms with Gasteiger partial charge in [0.05, 0.1) is 22.3 Å². The number of fused-ring (bicyclic) bond motifs is 1. The maximum absolute atomic E-state index is 6.13. The molecule has 0 N–H and O–H groups in total. The minimum Gasteiger partial charge on any atom is -0.497 e. The molecule has 0 saturated carbocycles. The van der Waals surface area contributed by atoms with Crippen LogP contribution in [-0.4, -0.2) is 22.3 Å². The van der Waals surface area contributed by atoms with Crippen LogP contribution in [0.2, 0.25) is 19.6 Å². The first kappa shape index (κ1) is 22.7. The smallest absolute Gasteiger partial charge is 0.126 e. The van der Waals surface area contributed by atoms with E-state index in [4.69, 9.17) is 9.47 Å². The summed E-state index contributed by atoms with van der Waals surface area (Å²) in [4.78, 5) is 0. The van der Waals surface area contributed by atoms with Gasteiger partial charge in [-0.2, -0.15) is 0 Å². The van der Waals surface area contributed by atoms with Crippen molar-refractivity contribution in [3.63, 3.8) is 0 Å². The Bertz CT molecular complexity index is 973. The largest absolute Gasteiger partial charge is 0.497 e. The molecular weight excluding hydrogens is 384 g/mol. The Labute approximate surface area is 184 Å². The number of methoxy groups -OCH3 is 2. The van der Waals surface area contributed by atoms with Gasteiger partial charge in [0.1, 0.15) is 11.5 Å². The molecule has 2 aromatic rings. The van der Waals surface area contributed by atoms with Crippen molar-refractivity contribution in [3.05, 3.63) is 64.7 Å². The van der Waals surface area contributed by atoms with Gasteiger partial charge in [-0.05, 0) is 28.7 Å². The summed E-state index contributed by atoms with van der Waals surface area (Å²) in [5, 5.41) is -0.0641. The topological polar surface area (TPSA) is 18.5 Å². The van der Waals surface area contributed by atoms with Crippen LogP contribution in [0.5, 0.6) is 11.5 Å². The lowest BCUT2D eigenvalue weighted by Crippen LogP contribution is -2.58. The molecule has 0 fully saturated rings. The molecule has 0 radical (unpaired) electrons. The molecule has 1 aliphatic rings. The summed E-state index contributed by atoms with van der Waals surface area (Å²) >= 11 is 0. The predicted molar refractivity (Wildman–Crippen MR) is 132 cm³/mol. The fourth-order valence-electron chi connectivity index (χ4n) is 5.62. The average molecular weight is 423 g/mol. The number of allylic oxidation sites excluding steroid dienone is 1. The van der Waals surface area contributed by atoms with E-state index in [9.17, 15) is 0 Å². The van der Waals surface area contributed by atoms with E-state index in [1.807, 2.05) is 0 Å². The van der Waals surface area contributed by atoms with Gasteiger partial charge in [0.25, 0.3) is 0 Å². The van der Waals surface area contributed by atoms with Crippen LogP contribution in [0.1, 0.15) is 56.9 Å². The number of benzene rings is 2. The zero-order chi connectivity index (χ0) is 22.5. The lowest BCUT2D eigenvalue weighted by atomic mass is 9.68. The molecule has 0 spiro atoms. The van der Waals surface area contributed by atoms with Crippen LogP contribution >= 0.6 is 0 Å². The Hall–Kier alpha value is -2.00. The number of hydrogen-bond donors (Lipinski definition) is 0. The Morgan fingerprint density at radius 3 is 1.97 bits per heavy atom. The summed E-state index contributed by atoms with van der Waals surface area (Å²) in [5.74, 6) is 1.88. The molecule has 0 heterocycles. The third-order valence-electron chi connectivity index (χ3n) is 7.05. The molecule has 3 heteroatoms. The van der Waals surface area contributed by atoms with Crippen LogP contribution in [0.15, 0.2) is 42.5 Å². The van der Waals surface area contributed by atoms with Gasteiger partial charge in [0.2, 0.25) is 0 Å². The second-order valence-electron chi connectivity index (χ2n) is 11.1. The van der Waals surface area contributed by atoms with Gasteiger partial charge in [0, 0.05) is 21.6 Å². The Morgan fingerprint density at radius 2 is 1.43 bits per heavy atom. The molecular formula is C27H38O2Si. The average Bonchev–Trinajstić information content (AvgIpc) is 3.07. The summed E-state index contributed by atoms with van der Waals surface area (Å²) in [6.45, 7) is 18.9. The minimum absolute atomic E-state index is 0.0551. The SMILES string of the molecule is COc1cc(C(C)(C)C)c(OC)c(C(C)(C)C2([Si](C)(C)C)C=Cc3ccccc32)c1. The van der Waals surface area contributed by atoms with Crippen molar-refractivity contribution in [1.29, 1.82) is 0 Å². The fraction of sp³-hybridized carbons (Fsp3) is 0.481. The molecule has 1 unspecified atom stereocenters. The lowest BCUT2D eigenvalue weighted by molar-refractivity contribution is 0.347.